The normalized spacial score (nSPS) is 17.0. The van der Waals surface area contributed by atoms with Crippen molar-refractivity contribution in [1.29, 1.82) is 0 Å². The fourth-order valence-electron chi connectivity index (χ4n) is 3.38. The quantitative estimate of drug-likeness (QED) is 0.556. The van der Waals surface area contributed by atoms with Gasteiger partial charge in [0, 0.05) is 37.9 Å². The van der Waals surface area contributed by atoms with Crippen molar-refractivity contribution in [2.45, 2.75) is 18.9 Å². The topological polar surface area (TPSA) is 117 Å². The fraction of sp³-hybridized carbons (Fsp3) is 0.524. The summed E-state index contributed by atoms with van der Waals surface area (Å²) in [6, 6.07) is 4.61. The van der Waals surface area contributed by atoms with E-state index in [9.17, 15) is 19.2 Å². The van der Waals surface area contributed by atoms with Gasteiger partial charge in [-0.2, -0.15) is 0 Å². The van der Waals surface area contributed by atoms with Gasteiger partial charge in [-0.05, 0) is 31.0 Å². The Balaban J connectivity index is 1.51. The number of piperazine rings is 1. The second kappa shape index (κ2) is 10.4. The van der Waals surface area contributed by atoms with Crippen molar-refractivity contribution in [3.63, 3.8) is 0 Å². The van der Waals surface area contributed by atoms with Crippen LogP contribution in [0.5, 0.6) is 0 Å². The van der Waals surface area contributed by atoms with E-state index < -0.39 is 11.9 Å². The molecule has 0 unspecified atom stereocenters. The fourth-order valence-corrected chi connectivity index (χ4v) is 3.38. The van der Waals surface area contributed by atoms with Gasteiger partial charge in [-0.25, -0.2) is 9.59 Å². The van der Waals surface area contributed by atoms with Gasteiger partial charge in [0.25, 0.3) is 0 Å². The highest BCUT2D eigenvalue weighted by atomic mass is 16.5. The van der Waals surface area contributed by atoms with Crippen LogP contribution in [0.3, 0.4) is 0 Å². The third kappa shape index (κ3) is 6.76. The molecule has 0 bridgehead atoms. The van der Waals surface area contributed by atoms with Crippen molar-refractivity contribution < 1.29 is 28.7 Å². The van der Waals surface area contributed by atoms with Crippen LogP contribution in [0.2, 0.25) is 0 Å². The van der Waals surface area contributed by atoms with E-state index in [0.29, 0.717) is 44.5 Å². The summed E-state index contributed by atoms with van der Waals surface area (Å²) in [6.45, 7) is 3.29. The summed E-state index contributed by atoms with van der Waals surface area (Å²) < 4.78 is 9.41. The van der Waals surface area contributed by atoms with Gasteiger partial charge in [-0.1, -0.05) is 0 Å². The van der Waals surface area contributed by atoms with Crippen LogP contribution in [0.25, 0.3) is 0 Å². The Labute approximate surface area is 180 Å². The highest BCUT2D eigenvalue weighted by molar-refractivity contribution is 5.99. The molecule has 1 aromatic carbocycles. The molecule has 0 atom stereocenters. The largest absolute Gasteiger partial charge is 0.465 e. The minimum Gasteiger partial charge on any atom is -0.465 e. The number of methoxy groups -OCH3 is 2. The molecule has 2 amide bonds. The van der Waals surface area contributed by atoms with Crippen LogP contribution >= 0.6 is 0 Å². The number of esters is 2. The lowest BCUT2D eigenvalue weighted by Crippen LogP contribution is -2.51. The maximum Gasteiger partial charge on any atom is 0.337 e. The summed E-state index contributed by atoms with van der Waals surface area (Å²) >= 11 is 0. The smallest absolute Gasteiger partial charge is 0.337 e. The van der Waals surface area contributed by atoms with Gasteiger partial charge in [0.05, 0.1) is 38.4 Å². The van der Waals surface area contributed by atoms with Gasteiger partial charge >= 0.3 is 11.9 Å². The number of hydrogen-bond donors (Lipinski definition) is 2. The molecule has 0 spiro atoms. The van der Waals surface area contributed by atoms with Crippen LogP contribution < -0.4 is 10.6 Å². The average Bonchev–Trinajstić information content (AvgIpc) is 3.57. The first kappa shape index (κ1) is 22.7. The molecule has 1 saturated carbocycles. The van der Waals surface area contributed by atoms with Gasteiger partial charge in [-0.15, -0.1) is 0 Å². The Kier molecular flexibility index (Phi) is 7.59. The summed E-state index contributed by atoms with van der Waals surface area (Å²) in [4.78, 5) is 52.2. The molecule has 168 valence electrons. The van der Waals surface area contributed by atoms with Crippen molar-refractivity contribution >= 4 is 29.4 Å². The minimum absolute atomic E-state index is 0.0561. The lowest BCUT2D eigenvalue weighted by Gasteiger charge is -2.33. The summed E-state index contributed by atoms with van der Waals surface area (Å²) in [7, 11) is 2.47. The third-order valence-corrected chi connectivity index (χ3v) is 5.20. The average molecular weight is 432 g/mol. The number of carbonyl (C=O) groups excluding carboxylic acids is 4. The number of benzene rings is 1. The van der Waals surface area contributed by atoms with Crippen LogP contribution in [0, 0.1) is 0 Å². The molecule has 31 heavy (non-hydrogen) atoms. The Morgan fingerprint density at radius 3 is 1.77 bits per heavy atom. The number of carbonyl (C=O) groups is 4. The maximum absolute atomic E-state index is 12.5. The predicted octanol–water partition coefficient (Wildman–Crippen LogP) is 0.0945. The van der Waals surface area contributed by atoms with Crippen LogP contribution in [0.1, 0.15) is 33.6 Å². The molecule has 2 N–H and O–H groups in total. The van der Waals surface area contributed by atoms with Crippen molar-refractivity contribution in [2.75, 3.05) is 58.8 Å². The molecule has 0 aromatic heterocycles. The summed E-state index contributed by atoms with van der Waals surface area (Å²) in [5.74, 6) is -1.45. The first-order valence-electron chi connectivity index (χ1n) is 10.2. The van der Waals surface area contributed by atoms with Gasteiger partial charge in [0.1, 0.15) is 0 Å². The predicted molar refractivity (Wildman–Crippen MR) is 112 cm³/mol. The van der Waals surface area contributed by atoms with Crippen molar-refractivity contribution in [2.24, 2.45) is 0 Å². The first-order chi connectivity index (χ1) is 14.9. The highest BCUT2D eigenvalue weighted by Gasteiger charge is 2.25. The van der Waals surface area contributed by atoms with Crippen molar-refractivity contribution in [3.05, 3.63) is 29.3 Å². The Bertz CT molecular complexity index is 812. The SMILES string of the molecule is COC(=O)c1cc(NC(=O)CN2CCN(CC(=O)NC3CC3)CC2)cc(C(=O)OC)c1. The molecule has 10 nitrogen and oxygen atoms in total. The molecule has 10 heteroatoms. The van der Waals surface area contributed by atoms with Gasteiger partial charge < -0.3 is 20.1 Å². The van der Waals surface area contributed by atoms with Gasteiger partial charge in [-0.3, -0.25) is 19.4 Å². The second-order valence-corrected chi connectivity index (χ2v) is 7.72. The van der Waals surface area contributed by atoms with Gasteiger partial charge in [0.2, 0.25) is 11.8 Å². The molecule has 1 aliphatic carbocycles. The van der Waals surface area contributed by atoms with Crippen molar-refractivity contribution in [3.8, 4) is 0 Å². The first-order valence-corrected chi connectivity index (χ1v) is 10.2. The Hall–Kier alpha value is -2.98. The van der Waals surface area contributed by atoms with Crippen LogP contribution in [0.4, 0.5) is 5.69 Å². The lowest BCUT2D eigenvalue weighted by molar-refractivity contribution is -0.123. The van der Waals surface area contributed by atoms with Crippen molar-refractivity contribution in [1.82, 2.24) is 15.1 Å². The number of nitrogens with one attached hydrogen (secondary N) is 2. The lowest BCUT2D eigenvalue weighted by atomic mass is 10.1. The molecule has 1 aliphatic heterocycles. The molecule has 2 fully saturated rings. The van der Waals surface area contributed by atoms with E-state index in [2.05, 4.69) is 15.5 Å². The summed E-state index contributed by atoms with van der Waals surface area (Å²) in [5, 5.41) is 5.71. The number of hydrogen-bond acceptors (Lipinski definition) is 8. The van der Waals surface area contributed by atoms with E-state index in [1.165, 1.54) is 32.4 Å². The van der Waals surface area contributed by atoms with Crippen LogP contribution in [0.15, 0.2) is 18.2 Å². The van der Waals surface area contributed by atoms with E-state index >= 15 is 0 Å². The zero-order valence-corrected chi connectivity index (χ0v) is 17.8. The molecule has 1 heterocycles. The molecule has 1 saturated heterocycles. The number of nitrogens with zero attached hydrogens (tertiary/aromatic N) is 2. The number of amides is 2. The molecule has 1 aromatic rings. The van der Waals surface area contributed by atoms with E-state index in [0.717, 1.165) is 12.8 Å². The summed E-state index contributed by atoms with van der Waals surface area (Å²) in [5.41, 5.74) is 0.585. The van der Waals surface area contributed by atoms with E-state index in [1.54, 1.807) is 0 Å². The second-order valence-electron chi connectivity index (χ2n) is 7.72. The highest BCUT2D eigenvalue weighted by Crippen LogP contribution is 2.19. The molecular formula is C21H28N4O6. The Morgan fingerprint density at radius 1 is 0.839 bits per heavy atom. The monoisotopic (exact) mass is 432 g/mol. The molecule has 2 aliphatic rings. The van der Waals surface area contributed by atoms with E-state index in [4.69, 9.17) is 9.47 Å². The molecule has 3 rings (SSSR count). The third-order valence-electron chi connectivity index (χ3n) is 5.20. The summed E-state index contributed by atoms with van der Waals surface area (Å²) in [6.07, 6.45) is 2.14. The van der Waals surface area contributed by atoms with Gasteiger partial charge in [0.15, 0.2) is 0 Å². The van der Waals surface area contributed by atoms with E-state index in [1.807, 2.05) is 4.90 Å². The molecular weight excluding hydrogens is 404 g/mol. The number of anilines is 1. The zero-order chi connectivity index (χ0) is 22.4. The zero-order valence-electron chi connectivity index (χ0n) is 17.8. The Morgan fingerprint density at radius 2 is 1.32 bits per heavy atom. The van der Waals surface area contributed by atoms with E-state index in [-0.39, 0.29) is 29.5 Å². The standard InChI is InChI=1S/C21H28N4O6/c1-30-20(28)14-9-15(21(29)31-2)11-17(10-14)23-19(27)13-25-7-5-24(6-8-25)12-18(26)22-16-3-4-16/h9-11,16H,3-8,12-13H2,1-2H3,(H,22,26)(H,23,27). The maximum atomic E-state index is 12.5. The number of rotatable bonds is 8. The minimum atomic E-state index is -0.622. The van der Waals surface area contributed by atoms with Crippen LogP contribution in [-0.2, 0) is 19.1 Å². The number of ether oxygens (including phenoxy) is 2. The van der Waals surface area contributed by atoms with Crippen LogP contribution in [-0.4, -0.2) is 93.1 Å². The molecule has 0 radical (unpaired) electrons.